The average Bonchev–Trinajstić information content (AvgIpc) is 3.35. The number of carbonyl (C=O) groups excluding carboxylic acids is 3. The van der Waals surface area contributed by atoms with Crippen LogP contribution in [0.2, 0.25) is 0 Å². The molecule has 0 aliphatic carbocycles. The molecule has 45 heavy (non-hydrogen) atoms. The van der Waals surface area contributed by atoms with Gasteiger partial charge >= 0.3 is 0 Å². The molecule has 1 saturated heterocycles. The average molecular weight is 626 g/mol. The number of aliphatic hydroxyl groups excluding tert-OH is 1. The van der Waals surface area contributed by atoms with Crippen molar-refractivity contribution in [2.45, 2.75) is 57.1 Å². The number of para-hydroxylation sites is 1. The number of carbonyl (C=O) groups is 3. The van der Waals surface area contributed by atoms with E-state index in [2.05, 4.69) is 10.6 Å². The van der Waals surface area contributed by atoms with Gasteiger partial charge in [0, 0.05) is 15.8 Å². The normalized spacial score (nSPS) is 17.0. The lowest BCUT2D eigenvalue weighted by Gasteiger charge is -2.33. The van der Waals surface area contributed by atoms with Gasteiger partial charge in [0.05, 0.1) is 11.9 Å². The number of thioether (sulfide) groups is 1. The molecule has 3 atom stereocenters. The summed E-state index contributed by atoms with van der Waals surface area (Å²) >= 11 is 1.47. The third-order valence-corrected chi connectivity index (χ3v) is 9.53. The topological polar surface area (TPSA) is 108 Å². The second-order valence-electron chi connectivity index (χ2n) is 11.9. The first-order valence-electron chi connectivity index (χ1n) is 15.0. The lowest BCUT2D eigenvalue weighted by Crippen LogP contribution is -2.58. The van der Waals surface area contributed by atoms with Gasteiger partial charge in [0.25, 0.3) is 11.8 Å². The number of amides is 3. The maximum Gasteiger partial charge on any atom is 0.258 e. The van der Waals surface area contributed by atoms with E-state index in [0.717, 1.165) is 27.5 Å². The van der Waals surface area contributed by atoms with Crippen molar-refractivity contribution in [2.75, 3.05) is 17.8 Å². The molecular weight excluding hydrogens is 586 g/mol. The number of aryl methyl sites for hydroxylation is 2. The van der Waals surface area contributed by atoms with E-state index >= 15 is 0 Å². The smallest absolute Gasteiger partial charge is 0.258 e. The van der Waals surface area contributed by atoms with Crippen LogP contribution in [0, 0.1) is 13.8 Å². The monoisotopic (exact) mass is 625 g/mol. The van der Waals surface area contributed by atoms with E-state index in [1.165, 1.54) is 16.7 Å². The molecule has 1 aliphatic rings. The summed E-state index contributed by atoms with van der Waals surface area (Å²) < 4.78 is 5.21. The highest BCUT2D eigenvalue weighted by molar-refractivity contribution is 8.00. The maximum atomic E-state index is 14.0. The summed E-state index contributed by atoms with van der Waals surface area (Å²) in [5.74, 6) is -0.583. The lowest BCUT2D eigenvalue weighted by atomic mass is 9.97. The van der Waals surface area contributed by atoms with Gasteiger partial charge in [-0.1, -0.05) is 84.9 Å². The molecule has 4 aromatic rings. The van der Waals surface area contributed by atoms with Gasteiger partial charge in [-0.3, -0.25) is 14.4 Å². The van der Waals surface area contributed by atoms with Crippen molar-refractivity contribution in [3.05, 3.63) is 108 Å². The summed E-state index contributed by atoms with van der Waals surface area (Å²) in [5, 5.41) is 19.3. The molecule has 0 aromatic heterocycles. The molecule has 9 heteroatoms. The number of hydrogen-bond donors (Lipinski definition) is 3. The molecule has 1 heterocycles. The Morgan fingerprint density at radius 1 is 0.933 bits per heavy atom. The van der Waals surface area contributed by atoms with E-state index < -0.39 is 34.7 Å². The van der Waals surface area contributed by atoms with Gasteiger partial charge in [0.15, 0.2) is 12.7 Å². The van der Waals surface area contributed by atoms with Gasteiger partial charge in [-0.2, -0.15) is 0 Å². The number of benzene rings is 4. The van der Waals surface area contributed by atoms with Gasteiger partial charge < -0.3 is 25.4 Å². The van der Waals surface area contributed by atoms with E-state index in [-0.39, 0.29) is 24.8 Å². The van der Waals surface area contributed by atoms with E-state index in [9.17, 15) is 19.5 Å². The fourth-order valence-electron chi connectivity index (χ4n) is 5.81. The van der Waals surface area contributed by atoms with Gasteiger partial charge in [0.2, 0.25) is 5.91 Å². The predicted octanol–water partition coefficient (Wildman–Crippen LogP) is 5.24. The zero-order valence-electron chi connectivity index (χ0n) is 25.9. The first kappa shape index (κ1) is 32.1. The van der Waals surface area contributed by atoms with Crippen LogP contribution in [0.3, 0.4) is 0 Å². The Balaban J connectivity index is 1.35. The first-order chi connectivity index (χ1) is 21.5. The predicted molar refractivity (Wildman–Crippen MR) is 179 cm³/mol. The molecule has 5 rings (SSSR count). The molecule has 0 radical (unpaired) electrons. The lowest BCUT2D eigenvalue weighted by molar-refractivity contribution is -0.146. The van der Waals surface area contributed by atoms with Crippen LogP contribution in [0.25, 0.3) is 10.8 Å². The molecule has 0 spiro atoms. The van der Waals surface area contributed by atoms with E-state index in [4.69, 9.17) is 4.74 Å². The SMILES string of the molecule is Cc1cccc(C)c1OCC(=O)N[C@@H](Cc1ccccc1)[C@H](O)C(=O)N1CSC(C)(C)[C@H]1C(=O)Nc1cccc2ccccc12. The third-order valence-electron chi connectivity index (χ3n) is 8.16. The van der Waals surface area contributed by atoms with Crippen molar-refractivity contribution in [1.29, 1.82) is 0 Å². The van der Waals surface area contributed by atoms with Crippen molar-refractivity contribution in [1.82, 2.24) is 10.2 Å². The summed E-state index contributed by atoms with van der Waals surface area (Å²) in [7, 11) is 0. The number of anilines is 1. The number of aliphatic hydroxyl groups is 1. The van der Waals surface area contributed by atoms with Crippen molar-refractivity contribution >= 4 is 45.9 Å². The summed E-state index contributed by atoms with van der Waals surface area (Å²) in [4.78, 5) is 42.4. The number of nitrogens with zero attached hydrogens (tertiary/aromatic N) is 1. The highest BCUT2D eigenvalue weighted by Crippen LogP contribution is 2.40. The Hall–Kier alpha value is -4.34. The Bertz CT molecular complexity index is 1670. The minimum atomic E-state index is -1.60. The summed E-state index contributed by atoms with van der Waals surface area (Å²) in [6.07, 6.45) is -1.39. The highest BCUT2D eigenvalue weighted by atomic mass is 32.2. The van der Waals surface area contributed by atoms with Crippen molar-refractivity contribution in [2.24, 2.45) is 0 Å². The summed E-state index contributed by atoms with van der Waals surface area (Å²) in [6.45, 7) is 7.37. The molecular formula is C36H39N3O5S. The second-order valence-corrected chi connectivity index (χ2v) is 13.5. The Labute approximate surface area is 268 Å². The van der Waals surface area contributed by atoms with Crippen LogP contribution in [0.15, 0.2) is 91.0 Å². The molecule has 1 fully saturated rings. The molecule has 3 N–H and O–H groups in total. The van der Waals surface area contributed by atoms with Crippen LogP contribution >= 0.6 is 11.8 Å². The standard InChI is InChI=1S/C36H39N3O5S/c1-23-12-10-13-24(2)32(23)44-21-30(40)37-29(20-25-14-6-5-7-15-25)31(41)35(43)39-22-45-36(3,4)33(39)34(42)38-28-19-11-17-26-16-8-9-18-27(26)28/h5-19,29,31,33,41H,20-22H2,1-4H3,(H,37,40)(H,38,42)/t29-,31-,33+/m0/s1. The number of rotatable bonds is 10. The first-order valence-corrected chi connectivity index (χ1v) is 16.0. The second kappa shape index (κ2) is 13.7. The van der Waals surface area contributed by atoms with Gasteiger partial charge in [0.1, 0.15) is 11.8 Å². The molecule has 3 amide bonds. The molecule has 8 nitrogen and oxygen atoms in total. The minimum Gasteiger partial charge on any atom is -0.483 e. The molecule has 1 aliphatic heterocycles. The third kappa shape index (κ3) is 7.32. The Morgan fingerprint density at radius 2 is 1.58 bits per heavy atom. The summed E-state index contributed by atoms with van der Waals surface area (Å²) in [6, 6.07) is 26.7. The minimum absolute atomic E-state index is 0.208. The Morgan fingerprint density at radius 3 is 2.31 bits per heavy atom. The molecule has 0 bridgehead atoms. The largest absolute Gasteiger partial charge is 0.483 e. The number of ether oxygens (including phenoxy) is 1. The van der Waals surface area contributed by atoms with Crippen LogP contribution in [0.4, 0.5) is 5.69 Å². The van der Waals surface area contributed by atoms with E-state index in [1.54, 1.807) is 0 Å². The Kier molecular flexibility index (Phi) is 9.80. The number of hydrogen-bond acceptors (Lipinski definition) is 6. The van der Waals surface area contributed by atoms with Gasteiger partial charge in [-0.25, -0.2) is 0 Å². The molecule has 4 aromatic carbocycles. The van der Waals surface area contributed by atoms with Gasteiger partial charge in [-0.15, -0.1) is 11.8 Å². The molecule has 0 saturated carbocycles. The fraction of sp³-hybridized carbons (Fsp3) is 0.306. The van der Waals surface area contributed by atoms with Crippen LogP contribution in [0.5, 0.6) is 5.75 Å². The zero-order chi connectivity index (χ0) is 32.1. The summed E-state index contributed by atoms with van der Waals surface area (Å²) in [5.41, 5.74) is 3.30. The van der Waals surface area contributed by atoms with E-state index in [0.29, 0.717) is 11.4 Å². The van der Waals surface area contributed by atoms with E-state index in [1.807, 2.05) is 119 Å². The maximum absolute atomic E-state index is 14.0. The van der Waals surface area contributed by atoms with Crippen LogP contribution in [-0.4, -0.2) is 63.1 Å². The molecule has 234 valence electrons. The van der Waals surface area contributed by atoms with Crippen LogP contribution in [0.1, 0.15) is 30.5 Å². The van der Waals surface area contributed by atoms with Crippen molar-refractivity contribution < 1.29 is 24.2 Å². The number of nitrogens with one attached hydrogen (secondary N) is 2. The molecule has 0 unspecified atom stereocenters. The van der Waals surface area contributed by atoms with Crippen molar-refractivity contribution in [3.63, 3.8) is 0 Å². The zero-order valence-corrected chi connectivity index (χ0v) is 26.8. The highest BCUT2D eigenvalue weighted by Gasteiger charge is 2.50. The van der Waals surface area contributed by atoms with Crippen LogP contribution in [-0.2, 0) is 20.8 Å². The van der Waals surface area contributed by atoms with Crippen molar-refractivity contribution in [3.8, 4) is 5.75 Å². The van der Waals surface area contributed by atoms with Gasteiger partial charge in [-0.05, 0) is 62.3 Å². The number of fused-ring (bicyclic) bond motifs is 1. The quantitative estimate of drug-likeness (QED) is 0.223. The van der Waals surface area contributed by atoms with Crippen LogP contribution < -0.4 is 15.4 Å². The fourth-order valence-corrected chi connectivity index (χ4v) is 6.95.